The van der Waals surface area contributed by atoms with Crippen LogP contribution in [-0.4, -0.2) is 37.2 Å². The van der Waals surface area contributed by atoms with Gasteiger partial charge in [0.2, 0.25) is 0 Å². The van der Waals surface area contributed by atoms with Gasteiger partial charge in [0.1, 0.15) is 13.2 Å². The Morgan fingerprint density at radius 3 is 0.845 bits per heavy atom. The Hall–Kier alpha value is -3.93. The van der Waals surface area contributed by atoms with E-state index in [-0.39, 0.29) is 37.5 Å². The van der Waals surface area contributed by atoms with Crippen molar-refractivity contribution >= 4 is 17.9 Å². The monoisotopic (exact) mass is 985 g/mol. The van der Waals surface area contributed by atoms with Gasteiger partial charge in [0.25, 0.3) is 0 Å². The summed E-state index contributed by atoms with van der Waals surface area (Å²) in [5, 5.41) is 0. The average Bonchev–Trinajstić information content (AvgIpc) is 3.37. The molecule has 404 valence electrons. The number of esters is 3. The maximum atomic E-state index is 12.9. The maximum absolute atomic E-state index is 12.9. The van der Waals surface area contributed by atoms with Crippen LogP contribution in [0, 0.1) is 0 Å². The van der Waals surface area contributed by atoms with E-state index < -0.39 is 6.10 Å². The zero-order valence-electron chi connectivity index (χ0n) is 46.2. The molecule has 0 aliphatic heterocycles. The van der Waals surface area contributed by atoms with Gasteiger partial charge in [-0.15, -0.1) is 0 Å². The summed E-state index contributed by atoms with van der Waals surface area (Å²) >= 11 is 0. The van der Waals surface area contributed by atoms with Crippen LogP contribution in [0.1, 0.15) is 265 Å². The first-order valence-electron chi connectivity index (χ1n) is 29.4. The largest absolute Gasteiger partial charge is 0.462 e. The topological polar surface area (TPSA) is 78.9 Å². The van der Waals surface area contributed by atoms with E-state index in [1.54, 1.807) is 0 Å². The third kappa shape index (κ3) is 56.9. The molecule has 0 amide bonds. The standard InChI is InChI=1S/C65H108O6/c1-4-7-10-13-16-19-22-25-28-30-32-34-37-40-43-46-49-52-55-58-64(67)70-61-62(60-69-63(66)57-54-51-48-45-42-39-36-27-24-21-18-15-12-9-6-3)71-65(68)59-56-53-50-47-44-41-38-35-33-31-29-26-23-20-17-14-11-8-5-2/h16-17,19-21,24-26,28-29,32-35,40-41,43-44,62H,4-15,18,22-23,27,30-31,36-39,42,45-61H2,1-3H3/b19-16-,20-17-,24-21-,28-25-,29-26-,34-32-,35-33-,43-40-,44-41-/t62-/m0/s1. The number of allylic oxidation sites excluding steroid dienone is 18. The van der Waals surface area contributed by atoms with Crippen molar-refractivity contribution in [2.75, 3.05) is 13.2 Å². The smallest absolute Gasteiger partial charge is 0.306 e. The summed E-state index contributed by atoms with van der Waals surface area (Å²) in [4.78, 5) is 38.2. The zero-order chi connectivity index (χ0) is 51.4. The lowest BCUT2D eigenvalue weighted by molar-refractivity contribution is -0.167. The highest BCUT2D eigenvalue weighted by molar-refractivity contribution is 5.71. The Bertz CT molecular complexity index is 1460. The second kappa shape index (κ2) is 58.6. The lowest BCUT2D eigenvalue weighted by atomic mass is 10.1. The van der Waals surface area contributed by atoms with Gasteiger partial charge in [0, 0.05) is 19.3 Å². The zero-order valence-corrected chi connectivity index (χ0v) is 46.2. The van der Waals surface area contributed by atoms with E-state index in [1.165, 1.54) is 116 Å². The molecule has 0 N–H and O–H groups in total. The number of carbonyl (C=O) groups excluding carboxylic acids is 3. The molecule has 0 aliphatic carbocycles. The van der Waals surface area contributed by atoms with Crippen molar-refractivity contribution in [2.45, 2.75) is 271 Å². The van der Waals surface area contributed by atoms with Gasteiger partial charge in [-0.05, 0) is 135 Å². The summed E-state index contributed by atoms with van der Waals surface area (Å²) in [5.74, 6) is -0.971. The number of carbonyl (C=O) groups is 3. The minimum Gasteiger partial charge on any atom is -0.462 e. The predicted molar refractivity (Wildman–Crippen MR) is 307 cm³/mol. The van der Waals surface area contributed by atoms with Crippen molar-refractivity contribution in [1.29, 1.82) is 0 Å². The van der Waals surface area contributed by atoms with Crippen molar-refractivity contribution < 1.29 is 28.6 Å². The lowest BCUT2D eigenvalue weighted by Crippen LogP contribution is -2.30. The van der Waals surface area contributed by atoms with Crippen LogP contribution in [0.15, 0.2) is 109 Å². The Morgan fingerprint density at radius 2 is 0.507 bits per heavy atom. The summed E-state index contributed by atoms with van der Waals surface area (Å²) in [6, 6.07) is 0. The first-order valence-corrected chi connectivity index (χ1v) is 29.4. The fraction of sp³-hybridized carbons (Fsp3) is 0.677. The molecule has 0 radical (unpaired) electrons. The van der Waals surface area contributed by atoms with E-state index in [2.05, 4.69) is 130 Å². The third-order valence-electron chi connectivity index (χ3n) is 12.2. The van der Waals surface area contributed by atoms with Gasteiger partial charge in [-0.25, -0.2) is 0 Å². The highest BCUT2D eigenvalue weighted by Crippen LogP contribution is 2.13. The van der Waals surface area contributed by atoms with Crippen LogP contribution in [0.5, 0.6) is 0 Å². The number of rotatable bonds is 52. The fourth-order valence-electron chi connectivity index (χ4n) is 7.76. The van der Waals surface area contributed by atoms with Gasteiger partial charge in [0.05, 0.1) is 0 Å². The second-order valence-electron chi connectivity index (χ2n) is 19.2. The highest BCUT2D eigenvalue weighted by atomic mass is 16.6. The molecule has 6 nitrogen and oxygen atoms in total. The van der Waals surface area contributed by atoms with Crippen molar-refractivity contribution in [2.24, 2.45) is 0 Å². The van der Waals surface area contributed by atoms with Crippen molar-refractivity contribution in [3.05, 3.63) is 109 Å². The molecule has 0 spiro atoms. The lowest BCUT2D eigenvalue weighted by Gasteiger charge is -2.18. The summed E-state index contributed by atoms with van der Waals surface area (Å²) in [6.45, 7) is 6.52. The Balaban J connectivity index is 4.53. The quantitative estimate of drug-likeness (QED) is 0.0261. The molecule has 0 aromatic carbocycles. The SMILES string of the molecule is CCCCC/C=C\C/C=C\C/C=C\C/C=C\CCCCCC(=O)OC[C@H](COC(=O)CCCCCCCCC/C=C\CCCCCC)OC(=O)CCCCC/C=C\C/C=C\C/C=C\C/C=C\CCCCC. The van der Waals surface area contributed by atoms with Gasteiger partial charge in [-0.2, -0.15) is 0 Å². The van der Waals surface area contributed by atoms with Crippen LogP contribution in [-0.2, 0) is 28.6 Å². The molecular formula is C65H108O6. The fourth-order valence-corrected chi connectivity index (χ4v) is 7.76. The number of unbranched alkanes of at least 4 members (excludes halogenated alkanes) is 23. The van der Waals surface area contributed by atoms with E-state index in [4.69, 9.17) is 14.2 Å². The maximum Gasteiger partial charge on any atom is 0.306 e. The van der Waals surface area contributed by atoms with Gasteiger partial charge in [-0.1, -0.05) is 220 Å². The first kappa shape index (κ1) is 67.1. The van der Waals surface area contributed by atoms with Crippen molar-refractivity contribution in [3.63, 3.8) is 0 Å². The van der Waals surface area contributed by atoms with E-state index in [0.29, 0.717) is 12.8 Å². The van der Waals surface area contributed by atoms with Gasteiger partial charge < -0.3 is 14.2 Å². The van der Waals surface area contributed by atoms with E-state index in [1.807, 2.05) is 0 Å². The van der Waals surface area contributed by atoms with Crippen LogP contribution in [0.2, 0.25) is 0 Å². The number of hydrogen-bond acceptors (Lipinski definition) is 6. The number of ether oxygens (including phenoxy) is 3. The van der Waals surface area contributed by atoms with Crippen molar-refractivity contribution in [1.82, 2.24) is 0 Å². The van der Waals surface area contributed by atoms with Crippen LogP contribution < -0.4 is 0 Å². The Kier molecular flexibility index (Phi) is 55.4. The summed E-state index contributed by atoms with van der Waals surface area (Å²) in [5.41, 5.74) is 0. The minimum atomic E-state index is -0.813. The first-order chi connectivity index (χ1) is 35.0. The highest BCUT2D eigenvalue weighted by Gasteiger charge is 2.19. The van der Waals surface area contributed by atoms with Crippen LogP contribution in [0.3, 0.4) is 0 Å². The van der Waals surface area contributed by atoms with Gasteiger partial charge >= 0.3 is 17.9 Å². The average molecular weight is 986 g/mol. The molecule has 0 aromatic heterocycles. The van der Waals surface area contributed by atoms with E-state index in [0.717, 1.165) is 109 Å². The van der Waals surface area contributed by atoms with Gasteiger partial charge in [0.15, 0.2) is 6.10 Å². The molecule has 0 aliphatic rings. The molecule has 0 bridgehead atoms. The molecule has 6 heteroatoms. The molecule has 0 heterocycles. The molecule has 0 rings (SSSR count). The Labute approximate surface area is 438 Å². The molecule has 1 atom stereocenters. The molecule has 0 saturated heterocycles. The van der Waals surface area contributed by atoms with Crippen LogP contribution in [0.25, 0.3) is 0 Å². The molecule has 71 heavy (non-hydrogen) atoms. The van der Waals surface area contributed by atoms with E-state index >= 15 is 0 Å². The third-order valence-corrected chi connectivity index (χ3v) is 12.2. The van der Waals surface area contributed by atoms with Crippen LogP contribution in [0.4, 0.5) is 0 Å². The van der Waals surface area contributed by atoms with E-state index in [9.17, 15) is 14.4 Å². The van der Waals surface area contributed by atoms with Gasteiger partial charge in [-0.3, -0.25) is 14.4 Å². The molecule has 0 unspecified atom stereocenters. The normalized spacial score (nSPS) is 12.9. The minimum absolute atomic E-state index is 0.105. The van der Waals surface area contributed by atoms with Crippen LogP contribution >= 0.6 is 0 Å². The van der Waals surface area contributed by atoms with Crippen molar-refractivity contribution in [3.8, 4) is 0 Å². The molecule has 0 fully saturated rings. The predicted octanol–water partition coefficient (Wildman–Crippen LogP) is 19.9. The number of hydrogen-bond donors (Lipinski definition) is 0. The Morgan fingerprint density at radius 1 is 0.282 bits per heavy atom. The molecular weight excluding hydrogens is 877 g/mol. The summed E-state index contributed by atoms with van der Waals surface area (Å²) in [6.07, 6.45) is 79.3. The summed E-state index contributed by atoms with van der Waals surface area (Å²) in [7, 11) is 0. The molecule has 0 aromatic rings. The second-order valence-corrected chi connectivity index (χ2v) is 19.2. The summed E-state index contributed by atoms with van der Waals surface area (Å²) < 4.78 is 16.8. The molecule has 0 saturated carbocycles.